The van der Waals surface area contributed by atoms with Crippen LogP contribution in [0.4, 0.5) is 4.39 Å². The van der Waals surface area contributed by atoms with E-state index >= 15 is 0 Å². The van der Waals surface area contributed by atoms with Crippen LogP contribution in [0.5, 0.6) is 11.5 Å². The van der Waals surface area contributed by atoms with E-state index in [1.807, 2.05) is 18.2 Å². The van der Waals surface area contributed by atoms with Crippen molar-refractivity contribution < 1.29 is 13.9 Å². The Kier molecular flexibility index (Phi) is 2.38. The van der Waals surface area contributed by atoms with Crippen molar-refractivity contribution in [3.05, 3.63) is 59.4 Å². The van der Waals surface area contributed by atoms with Gasteiger partial charge in [0.25, 0.3) is 6.29 Å². The molecule has 1 aliphatic heterocycles. The molecule has 0 atom stereocenters. The second kappa shape index (κ2) is 4.04. The molecule has 0 bridgehead atoms. The predicted molar refractivity (Wildman–Crippen MR) is 61.6 cm³/mol. The highest BCUT2D eigenvalue weighted by molar-refractivity contribution is 5.43. The van der Waals surface area contributed by atoms with E-state index in [9.17, 15) is 4.39 Å². The van der Waals surface area contributed by atoms with Gasteiger partial charge < -0.3 is 9.47 Å². The standard InChI is InChI=1S/C14H8FNO2/c15-11-7-9(8-16)5-6-10(11)14-17-12-3-1-2-4-13(12)18-14/h1-7,14H. The van der Waals surface area contributed by atoms with Crippen LogP contribution in [0, 0.1) is 17.1 Å². The Morgan fingerprint density at radius 1 is 1.06 bits per heavy atom. The number of hydrogen-bond donors (Lipinski definition) is 0. The van der Waals surface area contributed by atoms with Gasteiger partial charge in [0.05, 0.1) is 17.2 Å². The third kappa shape index (κ3) is 1.66. The Morgan fingerprint density at radius 2 is 1.72 bits per heavy atom. The molecule has 0 aromatic heterocycles. The van der Waals surface area contributed by atoms with Gasteiger partial charge in [0.1, 0.15) is 5.82 Å². The molecule has 0 unspecified atom stereocenters. The van der Waals surface area contributed by atoms with Gasteiger partial charge in [0.15, 0.2) is 11.5 Å². The van der Waals surface area contributed by atoms with Gasteiger partial charge in [-0.15, -0.1) is 0 Å². The molecule has 0 saturated heterocycles. The molecule has 0 fully saturated rings. The first-order valence-corrected chi connectivity index (χ1v) is 5.40. The van der Waals surface area contributed by atoms with E-state index in [4.69, 9.17) is 14.7 Å². The number of benzene rings is 2. The highest BCUT2D eigenvalue weighted by Crippen LogP contribution is 2.40. The lowest BCUT2D eigenvalue weighted by Gasteiger charge is -2.11. The number of nitrogens with zero attached hydrogens (tertiary/aromatic N) is 1. The summed E-state index contributed by atoms with van der Waals surface area (Å²) in [6.45, 7) is 0. The third-order valence-electron chi connectivity index (χ3n) is 2.70. The molecule has 3 nitrogen and oxygen atoms in total. The maximum absolute atomic E-state index is 13.8. The topological polar surface area (TPSA) is 42.2 Å². The molecule has 2 aromatic rings. The van der Waals surface area contributed by atoms with E-state index in [-0.39, 0.29) is 11.1 Å². The van der Waals surface area contributed by atoms with E-state index in [2.05, 4.69) is 0 Å². The number of rotatable bonds is 1. The van der Waals surface area contributed by atoms with Crippen LogP contribution in [-0.4, -0.2) is 0 Å². The molecule has 1 aliphatic rings. The summed E-state index contributed by atoms with van der Waals surface area (Å²) in [5, 5.41) is 8.68. The van der Waals surface area contributed by atoms with Gasteiger partial charge >= 0.3 is 0 Å². The van der Waals surface area contributed by atoms with Gasteiger partial charge in [-0.3, -0.25) is 0 Å². The lowest BCUT2D eigenvalue weighted by molar-refractivity contribution is 0.0454. The minimum atomic E-state index is -0.796. The fourth-order valence-electron chi connectivity index (χ4n) is 1.81. The zero-order chi connectivity index (χ0) is 12.5. The first-order valence-electron chi connectivity index (χ1n) is 5.40. The largest absolute Gasteiger partial charge is 0.447 e. The van der Waals surface area contributed by atoms with Gasteiger partial charge in [-0.1, -0.05) is 12.1 Å². The van der Waals surface area contributed by atoms with Gasteiger partial charge in [0.2, 0.25) is 0 Å². The molecule has 88 valence electrons. The van der Waals surface area contributed by atoms with E-state index in [1.54, 1.807) is 12.1 Å². The molecule has 0 spiro atoms. The quantitative estimate of drug-likeness (QED) is 0.770. The van der Waals surface area contributed by atoms with Crippen molar-refractivity contribution in [1.82, 2.24) is 0 Å². The molecular formula is C14H8FNO2. The molecule has 4 heteroatoms. The van der Waals surface area contributed by atoms with Crippen LogP contribution in [0.25, 0.3) is 0 Å². The molecule has 0 aliphatic carbocycles. The molecule has 1 heterocycles. The fraction of sp³-hybridized carbons (Fsp3) is 0.0714. The number of para-hydroxylation sites is 2. The fourth-order valence-corrected chi connectivity index (χ4v) is 1.81. The lowest BCUT2D eigenvalue weighted by Crippen LogP contribution is -2.10. The van der Waals surface area contributed by atoms with Crippen molar-refractivity contribution in [2.45, 2.75) is 6.29 Å². The normalized spacial score (nSPS) is 13.3. The second-order valence-corrected chi connectivity index (χ2v) is 3.86. The van der Waals surface area contributed by atoms with Crippen LogP contribution >= 0.6 is 0 Å². The number of fused-ring (bicyclic) bond motifs is 1. The minimum absolute atomic E-state index is 0.270. The Morgan fingerprint density at radius 3 is 2.28 bits per heavy atom. The summed E-state index contributed by atoms with van der Waals surface area (Å²) in [6.07, 6.45) is -0.796. The molecular weight excluding hydrogens is 233 g/mol. The van der Waals surface area contributed by atoms with Crippen molar-refractivity contribution in [2.75, 3.05) is 0 Å². The van der Waals surface area contributed by atoms with Gasteiger partial charge in [-0.2, -0.15) is 5.26 Å². The van der Waals surface area contributed by atoms with Crippen LogP contribution in [0.1, 0.15) is 17.4 Å². The summed E-state index contributed by atoms with van der Waals surface area (Å²) in [5.41, 5.74) is 0.553. The van der Waals surface area contributed by atoms with Crippen LogP contribution in [0.3, 0.4) is 0 Å². The van der Waals surface area contributed by atoms with Gasteiger partial charge in [-0.25, -0.2) is 4.39 Å². The average molecular weight is 241 g/mol. The van der Waals surface area contributed by atoms with Crippen molar-refractivity contribution in [1.29, 1.82) is 5.26 Å². The number of halogens is 1. The van der Waals surface area contributed by atoms with Crippen molar-refractivity contribution >= 4 is 0 Å². The predicted octanol–water partition coefficient (Wildman–Crippen LogP) is 3.17. The molecule has 2 aromatic carbocycles. The SMILES string of the molecule is N#Cc1ccc(C2Oc3ccccc3O2)c(F)c1. The maximum Gasteiger partial charge on any atom is 0.270 e. The summed E-state index contributed by atoms with van der Waals surface area (Å²) < 4.78 is 24.8. The number of hydrogen-bond acceptors (Lipinski definition) is 3. The highest BCUT2D eigenvalue weighted by Gasteiger charge is 2.27. The Hall–Kier alpha value is -2.54. The average Bonchev–Trinajstić information content (AvgIpc) is 2.81. The van der Waals surface area contributed by atoms with Crippen molar-refractivity contribution in [2.24, 2.45) is 0 Å². The van der Waals surface area contributed by atoms with E-state index < -0.39 is 12.1 Å². The van der Waals surface area contributed by atoms with Gasteiger partial charge in [-0.05, 0) is 30.3 Å². The van der Waals surface area contributed by atoms with E-state index in [1.165, 1.54) is 18.2 Å². The smallest absolute Gasteiger partial charge is 0.270 e. The third-order valence-corrected chi connectivity index (χ3v) is 2.70. The number of ether oxygens (including phenoxy) is 2. The monoisotopic (exact) mass is 241 g/mol. The zero-order valence-corrected chi connectivity index (χ0v) is 9.26. The van der Waals surface area contributed by atoms with E-state index in [0.717, 1.165) is 0 Å². The molecule has 18 heavy (non-hydrogen) atoms. The second-order valence-electron chi connectivity index (χ2n) is 3.86. The first kappa shape index (κ1) is 10.6. The molecule has 0 N–H and O–H groups in total. The van der Waals surface area contributed by atoms with Crippen molar-refractivity contribution in [3.8, 4) is 17.6 Å². The molecule has 0 amide bonds. The zero-order valence-electron chi connectivity index (χ0n) is 9.26. The first-order chi connectivity index (χ1) is 8.78. The van der Waals surface area contributed by atoms with Crippen LogP contribution in [0.2, 0.25) is 0 Å². The Labute approximate surface area is 103 Å². The molecule has 0 radical (unpaired) electrons. The highest BCUT2D eigenvalue weighted by atomic mass is 19.1. The van der Waals surface area contributed by atoms with Gasteiger partial charge in [0, 0.05) is 0 Å². The lowest BCUT2D eigenvalue weighted by atomic mass is 10.1. The summed E-state index contributed by atoms with van der Waals surface area (Å²) in [7, 11) is 0. The summed E-state index contributed by atoms with van der Waals surface area (Å²) in [5.74, 6) is 0.671. The number of nitriles is 1. The maximum atomic E-state index is 13.8. The summed E-state index contributed by atoms with van der Waals surface area (Å²) in [6, 6.07) is 13.3. The summed E-state index contributed by atoms with van der Waals surface area (Å²) in [4.78, 5) is 0. The minimum Gasteiger partial charge on any atom is -0.447 e. The van der Waals surface area contributed by atoms with Crippen molar-refractivity contribution in [3.63, 3.8) is 0 Å². The Bertz CT molecular complexity index is 623. The van der Waals surface area contributed by atoms with Crippen LogP contribution < -0.4 is 9.47 Å². The summed E-state index contributed by atoms with van der Waals surface area (Å²) >= 11 is 0. The Balaban J connectivity index is 1.93. The van der Waals surface area contributed by atoms with Crippen LogP contribution in [-0.2, 0) is 0 Å². The molecule has 0 saturated carbocycles. The molecule has 3 rings (SSSR count). The van der Waals surface area contributed by atoms with E-state index in [0.29, 0.717) is 11.5 Å². The van der Waals surface area contributed by atoms with Crippen LogP contribution in [0.15, 0.2) is 42.5 Å².